The molecule has 1 saturated carbocycles. The minimum absolute atomic E-state index is 0.437. The molecule has 0 amide bonds. The maximum atomic E-state index is 12.3. The average Bonchev–Trinajstić information content (AvgIpc) is 2.14. The number of hydrogen-bond acceptors (Lipinski definition) is 1. The van der Waals surface area contributed by atoms with Gasteiger partial charge in [0.25, 0.3) is 0 Å². The molecule has 0 heterocycles. The highest BCUT2D eigenvalue weighted by atomic mass is 19.4. The molecule has 0 radical (unpaired) electrons. The molecule has 0 spiro atoms. The lowest BCUT2D eigenvalue weighted by atomic mass is 9.68. The van der Waals surface area contributed by atoms with E-state index in [0.29, 0.717) is 24.3 Å². The Hall–Kier alpha value is -1.03. The third kappa shape index (κ3) is 1.94. The Balaban J connectivity index is 2.20. The van der Waals surface area contributed by atoms with Crippen LogP contribution in [0.15, 0.2) is 24.3 Å². The summed E-state index contributed by atoms with van der Waals surface area (Å²) in [4.78, 5) is 0. The minimum Gasteiger partial charge on any atom is -0.385 e. The molecule has 1 aliphatic carbocycles. The van der Waals surface area contributed by atoms with Gasteiger partial charge in [-0.2, -0.15) is 13.2 Å². The fourth-order valence-corrected chi connectivity index (χ4v) is 2.30. The number of hydrogen-bond donors (Lipinski definition) is 1. The maximum absolute atomic E-state index is 12.3. The summed E-state index contributed by atoms with van der Waals surface area (Å²) in [7, 11) is 0. The molecule has 1 N–H and O–H groups in total. The molecule has 0 bridgehead atoms. The zero-order valence-corrected chi connectivity index (χ0v) is 8.88. The second-order valence-electron chi connectivity index (χ2n) is 4.62. The molecule has 1 aromatic carbocycles. The van der Waals surface area contributed by atoms with Crippen LogP contribution in [0.2, 0.25) is 0 Å². The van der Waals surface area contributed by atoms with Gasteiger partial charge in [-0.1, -0.05) is 19.1 Å². The fraction of sp³-hybridized carbons (Fsp3) is 0.500. The summed E-state index contributed by atoms with van der Waals surface area (Å²) in [6, 6.07) is 4.79. The number of alkyl halides is 3. The van der Waals surface area contributed by atoms with Gasteiger partial charge in [0.2, 0.25) is 0 Å². The van der Waals surface area contributed by atoms with Gasteiger partial charge in [-0.15, -0.1) is 0 Å². The number of rotatable bonds is 1. The predicted octanol–water partition coefficient (Wildman–Crippen LogP) is 3.32. The summed E-state index contributed by atoms with van der Waals surface area (Å²) in [6.07, 6.45) is -3.06. The second kappa shape index (κ2) is 3.48. The normalized spacial score (nSPS) is 29.9. The standard InChI is InChI=1S/C12H13F3O/c1-8-6-11(16,7-8)9-2-4-10(5-3-9)12(13,14)15/h2-5,8,16H,6-7H2,1H3. The third-order valence-electron chi connectivity index (χ3n) is 3.12. The third-order valence-corrected chi connectivity index (χ3v) is 3.12. The lowest BCUT2D eigenvalue weighted by molar-refractivity contribution is -0.137. The van der Waals surface area contributed by atoms with Crippen molar-refractivity contribution in [1.82, 2.24) is 0 Å². The minimum atomic E-state index is -4.31. The lowest BCUT2D eigenvalue weighted by Crippen LogP contribution is -2.39. The van der Waals surface area contributed by atoms with E-state index in [1.807, 2.05) is 6.92 Å². The smallest absolute Gasteiger partial charge is 0.385 e. The van der Waals surface area contributed by atoms with E-state index in [9.17, 15) is 18.3 Å². The molecule has 4 heteroatoms. The lowest BCUT2D eigenvalue weighted by Gasteiger charge is -2.42. The van der Waals surface area contributed by atoms with E-state index in [0.717, 1.165) is 12.1 Å². The molecule has 16 heavy (non-hydrogen) atoms. The van der Waals surface area contributed by atoms with Crippen LogP contribution in [0.25, 0.3) is 0 Å². The molecule has 2 rings (SSSR count). The molecule has 88 valence electrons. The van der Waals surface area contributed by atoms with E-state index in [1.165, 1.54) is 12.1 Å². The fourth-order valence-electron chi connectivity index (χ4n) is 2.30. The topological polar surface area (TPSA) is 20.2 Å². The first kappa shape index (κ1) is 11.5. The molecule has 1 aromatic rings. The Kier molecular flexibility index (Phi) is 2.49. The molecule has 1 nitrogen and oxygen atoms in total. The van der Waals surface area contributed by atoms with Crippen molar-refractivity contribution in [1.29, 1.82) is 0 Å². The summed E-state index contributed by atoms with van der Waals surface area (Å²) in [5.41, 5.74) is -1.00. The van der Waals surface area contributed by atoms with Gasteiger partial charge in [-0.05, 0) is 36.5 Å². The van der Waals surface area contributed by atoms with Gasteiger partial charge in [-0.25, -0.2) is 0 Å². The van der Waals surface area contributed by atoms with Gasteiger partial charge in [0.1, 0.15) is 0 Å². The highest BCUT2D eigenvalue weighted by molar-refractivity contribution is 5.30. The first-order valence-electron chi connectivity index (χ1n) is 5.21. The first-order chi connectivity index (χ1) is 7.31. The zero-order chi connectivity index (χ0) is 12.0. The van der Waals surface area contributed by atoms with Crippen molar-refractivity contribution < 1.29 is 18.3 Å². The quantitative estimate of drug-likeness (QED) is 0.784. The van der Waals surface area contributed by atoms with Crippen LogP contribution < -0.4 is 0 Å². The maximum Gasteiger partial charge on any atom is 0.416 e. The highest BCUT2D eigenvalue weighted by Gasteiger charge is 2.41. The van der Waals surface area contributed by atoms with Crippen molar-refractivity contribution >= 4 is 0 Å². The van der Waals surface area contributed by atoms with Gasteiger partial charge in [0, 0.05) is 0 Å². The van der Waals surface area contributed by atoms with Gasteiger partial charge < -0.3 is 5.11 Å². The Labute approximate surface area is 91.9 Å². The Morgan fingerprint density at radius 2 is 1.69 bits per heavy atom. The van der Waals surface area contributed by atoms with E-state index in [1.54, 1.807) is 0 Å². The number of aliphatic hydroxyl groups is 1. The number of benzene rings is 1. The van der Waals surface area contributed by atoms with E-state index >= 15 is 0 Å². The van der Waals surface area contributed by atoms with Gasteiger partial charge in [0.15, 0.2) is 0 Å². The van der Waals surface area contributed by atoms with Crippen molar-refractivity contribution in [3.63, 3.8) is 0 Å². The van der Waals surface area contributed by atoms with Crippen molar-refractivity contribution in [2.75, 3.05) is 0 Å². The summed E-state index contributed by atoms with van der Waals surface area (Å²) in [6.45, 7) is 2.01. The molecule has 0 saturated heterocycles. The zero-order valence-electron chi connectivity index (χ0n) is 8.88. The second-order valence-corrected chi connectivity index (χ2v) is 4.62. The van der Waals surface area contributed by atoms with Crippen LogP contribution in [0.5, 0.6) is 0 Å². The molecule has 0 aliphatic heterocycles. The SMILES string of the molecule is CC1CC(O)(c2ccc(C(F)(F)F)cc2)C1. The van der Waals surface area contributed by atoms with E-state index < -0.39 is 17.3 Å². The summed E-state index contributed by atoms with van der Waals surface area (Å²) >= 11 is 0. The number of halogens is 3. The van der Waals surface area contributed by atoms with Crippen LogP contribution in [-0.4, -0.2) is 5.11 Å². The molecule has 1 aliphatic rings. The van der Waals surface area contributed by atoms with Crippen LogP contribution in [-0.2, 0) is 11.8 Å². The molecular formula is C12H13F3O. The van der Waals surface area contributed by atoms with E-state index in [-0.39, 0.29) is 0 Å². The van der Waals surface area contributed by atoms with Gasteiger partial charge >= 0.3 is 6.18 Å². The molecule has 0 unspecified atom stereocenters. The van der Waals surface area contributed by atoms with Crippen molar-refractivity contribution in [3.05, 3.63) is 35.4 Å². The van der Waals surface area contributed by atoms with Gasteiger partial charge in [-0.3, -0.25) is 0 Å². The Morgan fingerprint density at radius 3 is 2.06 bits per heavy atom. The van der Waals surface area contributed by atoms with Crippen LogP contribution in [0.3, 0.4) is 0 Å². The predicted molar refractivity (Wildman–Crippen MR) is 53.7 cm³/mol. The van der Waals surface area contributed by atoms with E-state index in [2.05, 4.69) is 0 Å². The van der Waals surface area contributed by atoms with E-state index in [4.69, 9.17) is 0 Å². The Bertz CT molecular complexity index is 374. The molecule has 1 fully saturated rings. The molecule has 0 aromatic heterocycles. The van der Waals surface area contributed by atoms with Crippen LogP contribution in [0.1, 0.15) is 30.9 Å². The molecule has 0 atom stereocenters. The van der Waals surface area contributed by atoms with Crippen LogP contribution in [0, 0.1) is 5.92 Å². The monoisotopic (exact) mass is 230 g/mol. The Morgan fingerprint density at radius 1 is 1.19 bits per heavy atom. The largest absolute Gasteiger partial charge is 0.416 e. The summed E-state index contributed by atoms with van der Waals surface area (Å²) in [5.74, 6) is 0.437. The summed E-state index contributed by atoms with van der Waals surface area (Å²) in [5, 5.41) is 10.1. The van der Waals surface area contributed by atoms with Crippen LogP contribution in [0.4, 0.5) is 13.2 Å². The summed E-state index contributed by atoms with van der Waals surface area (Å²) < 4.78 is 36.9. The van der Waals surface area contributed by atoms with Gasteiger partial charge in [0.05, 0.1) is 11.2 Å². The molecular weight excluding hydrogens is 217 g/mol. The highest BCUT2D eigenvalue weighted by Crippen LogP contribution is 2.45. The van der Waals surface area contributed by atoms with Crippen molar-refractivity contribution in [3.8, 4) is 0 Å². The van der Waals surface area contributed by atoms with Crippen molar-refractivity contribution in [2.45, 2.75) is 31.5 Å². The average molecular weight is 230 g/mol. The van der Waals surface area contributed by atoms with Crippen LogP contribution >= 0.6 is 0 Å². The van der Waals surface area contributed by atoms with Crippen molar-refractivity contribution in [2.24, 2.45) is 5.92 Å². The first-order valence-corrected chi connectivity index (χ1v) is 5.21.